The van der Waals surface area contributed by atoms with Crippen molar-refractivity contribution in [1.29, 1.82) is 0 Å². The van der Waals surface area contributed by atoms with E-state index < -0.39 is 5.97 Å². The Hall–Kier alpha value is -2.26. The number of esters is 1. The Morgan fingerprint density at radius 3 is 1.92 bits per heavy atom. The molecule has 2 aromatic carbocycles. The van der Waals surface area contributed by atoms with E-state index in [9.17, 15) is 4.79 Å². The second kappa shape index (κ2) is 8.72. The van der Waals surface area contributed by atoms with E-state index in [0.717, 1.165) is 23.3 Å². The predicted octanol–water partition coefficient (Wildman–Crippen LogP) is 5.62. The van der Waals surface area contributed by atoms with Gasteiger partial charge >= 0.3 is 5.97 Å². The number of hydrogen-bond acceptors (Lipinski definition) is 3. The number of benzene rings is 2. The molecule has 0 N–H and O–H groups in total. The maximum atomic E-state index is 11.5. The van der Waals surface area contributed by atoms with Crippen molar-refractivity contribution in [1.82, 2.24) is 0 Å². The van der Waals surface area contributed by atoms with Gasteiger partial charge in [0, 0.05) is 17.4 Å². The molecule has 0 aliphatic rings. The van der Waals surface area contributed by atoms with Crippen LogP contribution in [0.15, 0.2) is 60.7 Å². The Morgan fingerprint density at radius 2 is 1.48 bits per heavy atom. The molecule has 0 bridgehead atoms. The molecule has 2 rings (SSSR count). The number of carbonyl (C=O) groups is 1. The topological polar surface area (TPSA) is 35.5 Å². The van der Waals surface area contributed by atoms with Gasteiger partial charge in [-0.1, -0.05) is 30.8 Å². The SMILES string of the molecule is C=C(C)C(=O)Oc1ccc(-c2ccc(OC(C)CC(C)Cl)cc2)cc1. The molecule has 132 valence electrons. The van der Waals surface area contributed by atoms with Gasteiger partial charge in [0.1, 0.15) is 11.5 Å². The first-order chi connectivity index (χ1) is 11.8. The molecular weight excluding hydrogens is 336 g/mol. The van der Waals surface area contributed by atoms with E-state index in [0.29, 0.717) is 11.3 Å². The molecule has 0 radical (unpaired) electrons. The predicted molar refractivity (Wildman–Crippen MR) is 102 cm³/mol. The first kappa shape index (κ1) is 19.1. The van der Waals surface area contributed by atoms with Crippen molar-refractivity contribution in [2.24, 2.45) is 0 Å². The summed E-state index contributed by atoms with van der Waals surface area (Å²) in [5.74, 6) is 0.899. The average molecular weight is 359 g/mol. The lowest BCUT2D eigenvalue weighted by Gasteiger charge is -2.16. The number of hydrogen-bond donors (Lipinski definition) is 0. The molecular formula is C21H23ClO3. The molecule has 25 heavy (non-hydrogen) atoms. The minimum atomic E-state index is -0.422. The number of carbonyl (C=O) groups excluding carboxylic acids is 1. The first-order valence-corrected chi connectivity index (χ1v) is 8.67. The Morgan fingerprint density at radius 1 is 1.00 bits per heavy atom. The van der Waals surface area contributed by atoms with Gasteiger partial charge in [0.25, 0.3) is 0 Å². The molecule has 0 aromatic heterocycles. The second-order valence-corrected chi connectivity index (χ2v) is 6.91. The first-order valence-electron chi connectivity index (χ1n) is 8.24. The maximum absolute atomic E-state index is 11.5. The van der Waals surface area contributed by atoms with Crippen LogP contribution < -0.4 is 9.47 Å². The standard InChI is InChI=1S/C21H23ClO3/c1-14(2)21(23)25-20-11-7-18(8-12-20)17-5-9-19(10-6-17)24-16(4)13-15(3)22/h5-12,15-16H,1,13H2,2-4H3. The van der Waals surface area contributed by atoms with E-state index in [-0.39, 0.29) is 11.5 Å². The Labute approximate surface area is 154 Å². The molecule has 0 aliphatic heterocycles. The molecule has 0 saturated carbocycles. The Bertz CT molecular complexity index is 718. The summed E-state index contributed by atoms with van der Waals surface area (Å²) in [6.07, 6.45) is 0.869. The summed E-state index contributed by atoms with van der Waals surface area (Å²) in [5, 5.41) is 0.0896. The molecule has 4 heteroatoms. The lowest BCUT2D eigenvalue weighted by Crippen LogP contribution is -2.15. The van der Waals surface area contributed by atoms with E-state index >= 15 is 0 Å². The molecule has 2 atom stereocenters. The average Bonchev–Trinajstić information content (AvgIpc) is 2.55. The monoisotopic (exact) mass is 358 g/mol. The van der Waals surface area contributed by atoms with Crippen molar-refractivity contribution in [2.45, 2.75) is 38.7 Å². The van der Waals surface area contributed by atoms with Crippen molar-refractivity contribution in [3.8, 4) is 22.6 Å². The highest BCUT2D eigenvalue weighted by molar-refractivity contribution is 6.20. The highest BCUT2D eigenvalue weighted by Crippen LogP contribution is 2.25. The molecule has 3 nitrogen and oxygen atoms in total. The van der Waals surface area contributed by atoms with Crippen LogP contribution in [0.5, 0.6) is 11.5 Å². The van der Waals surface area contributed by atoms with E-state index in [1.807, 2.05) is 50.2 Å². The second-order valence-electron chi connectivity index (χ2n) is 6.16. The highest BCUT2D eigenvalue weighted by Gasteiger charge is 2.09. The van der Waals surface area contributed by atoms with Crippen molar-refractivity contribution >= 4 is 17.6 Å². The van der Waals surface area contributed by atoms with Crippen LogP contribution in [0.1, 0.15) is 27.2 Å². The summed E-state index contributed by atoms with van der Waals surface area (Å²) in [6.45, 7) is 9.16. The lowest BCUT2D eigenvalue weighted by molar-refractivity contribution is -0.130. The summed E-state index contributed by atoms with van der Waals surface area (Å²) < 4.78 is 11.0. The third-order valence-electron chi connectivity index (χ3n) is 3.59. The zero-order chi connectivity index (χ0) is 18.4. The molecule has 0 spiro atoms. The molecule has 0 heterocycles. The fraction of sp³-hybridized carbons (Fsp3) is 0.286. The number of alkyl halides is 1. The van der Waals surface area contributed by atoms with Crippen molar-refractivity contribution < 1.29 is 14.3 Å². The summed E-state index contributed by atoms with van der Waals surface area (Å²) in [4.78, 5) is 11.5. The van der Waals surface area contributed by atoms with Gasteiger partial charge in [-0.3, -0.25) is 0 Å². The zero-order valence-corrected chi connectivity index (χ0v) is 15.5. The van der Waals surface area contributed by atoms with Gasteiger partial charge in [-0.2, -0.15) is 0 Å². The fourth-order valence-electron chi connectivity index (χ4n) is 2.37. The van der Waals surface area contributed by atoms with Crippen molar-refractivity contribution in [3.05, 3.63) is 60.7 Å². The smallest absolute Gasteiger partial charge is 0.338 e. The number of rotatable bonds is 7. The van der Waals surface area contributed by atoms with Crippen LogP contribution in [0, 0.1) is 0 Å². The largest absolute Gasteiger partial charge is 0.491 e. The van der Waals surface area contributed by atoms with Crippen LogP contribution in [-0.2, 0) is 4.79 Å². The number of ether oxygens (including phenoxy) is 2. The summed E-state index contributed by atoms with van der Waals surface area (Å²) in [7, 11) is 0. The van der Waals surface area contributed by atoms with Crippen LogP contribution >= 0.6 is 11.6 Å². The van der Waals surface area contributed by atoms with Crippen LogP contribution in [0.2, 0.25) is 0 Å². The van der Waals surface area contributed by atoms with Gasteiger partial charge in [0.05, 0.1) is 6.10 Å². The van der Waals surface area contributed by atoms with Crippen molar-refractivity contribution in [3.63, 3.8) is 0 Å². The van der Waals surface area contributed by atoms with Gasteiger partial charge in [-0.15, -0.1) is 11.6 Å². The minimum absolute atomic E-state index is 0.0700. The Balaban J connectivity index is 2.02. The third-order valence-corrected chi connectivity index (χ3v) is 3.77. The van der Waals surface area contributed by atoms with E-state index in [4.69, 9.17) is 21.1 Å². The van der Waals surface area contributed by atoms with Crippen LogP contribution in [-0.4, -0.2) is 17.5 Å². The highest BCUT2D eigenvalue weighted by atomic mass is 35.5. The van der Waals surface area contributed by atoms with Gasteiger partial charge in [-0.05, 0) is 56.2 Å². The summed E-state index contributed by atoms with van der Waals surface area (Å²) in [5.41, 5.74) is 2.46. The molecule has 0 saturated heterocycles. The van der Waals surface area contributed by atoms with Crippen LogP contribution in [0.4, 0.5) is 0 Å². The van der Waals surface area contributed by atoms with E-state index in [1.54, 1.807) is 19.1 Å². The zero-order valence-electron chi connectivity index (χ0n) is 14.8. The molecule has 0 aliphatic carbocycles. The normalized spacial score (nSPS) is 13.0. The maximum Gasteiger partial charge on any atom is 0.338 e. The summed E-state index contributed by atoms with van der Waals surface area (Å²) in [6, 6.07) is 15.3. The van der Waals surface area contributed by atoms with Gasteiger partial charge in [0.2, 0.25) is 0 Å². The van der Waals surface area contributed by atoms with Gasteiger partial charge in [-0.25, -0.2) is 4.79 Å². The molecule has 2 unspecified atom stereocenters. The molecule has 0 fully saturated rings. The third kappa shape index (κ3) is 5.95. The molecule has 2 aromatic rings. The molecule has 0 amide bonds. The lowest BCUT2D eigenvalue weighted by atomic mass is 10.1. The fourth-order valence-corrected chi connectivity index (χ4v) is 2.62. The van der Waals surface area contributed by atoms with Crippen LogP contribution in [0.3, 0.4) is 0 Å². The van der Waals surface area contributed by atoms with E-state index in [1.165, 1.54) is 0 Å². The van der Waals surface area contributed by atoms with Gasteiger partial charge in [0.15, 0.2) is 0 Å². The summed E-state index contributed by atoms with van der Waals surface area (Å²) >= 11 is 5.99. The van der Waals surface area contributed by atoms with E-state index in [2.05, 4.69) is 6.58 Å². The van der Waals surface area contributed by atoms with Crippen LogP contribution in [0.25, 0.3) is 11.1 Å². The van der Waals surface area contributed by atoms with Gasteiger partial charge < -0.3 is 9.47 Å². The quantitative estimate of drug-likeness (QED) is 0.279. The van der Waals surface area contributed by atoms with Crippen molar-refractivity contribution in [2.75, 3.05) is 0 Å². The minimum Gasteiger partial charge on any atom is -0.491 e. The number of halogens is 1. The Kier molecular flexibility index (Phi) is 6.65.